The number of carbonyl (C=O) groups excluding carboxylic acids is 2. The van der Waals surface area contributed by atoms with Gasteiger partial charge in [-0.2, -0.15) is 0 Å². The van der Waals surface area contributed by atoms with E-state index in [-0.39, 0.29) is 23.9 Å². The first-order valence-corrected chi connectivity index (χ1v) is 11.8. The molecule has 1 aliphatic carbocycles. The molecular formula is C29H26N2O4. The third-order valence-electron chi connectivity index (χ3n) is 6.87. The van der Waals surface area contributed by atoms with E-state index in [9.17, 15) is 9.59 Å². The predicted octanol–water partition coefficient (Wildman–Crippen LogP) is 5.73. The largest absolute Gasteiger partial charge is 0.454 e. The van der Waals surface area contributed by atoms with Crippen molar-refractivity contribution >= 4 is 23.1 Å². The number of hydrogen-bond donors (Lipinski definition) is 1. The Morgan fingerprint density at radius 2 is 1.71 bits per heavy atom. The molecule has 6 heteroatoms. The lowest BCUT2D eigenvalue weighted by Crippen LogP contribution is -2.43. The van der Waals surface area contributed by atoms with Gasteiger partial charge in [0.15, 0.2) is 11.5 Å². The lowest BCUT2D eigenvalue weighted by atomic mass is 9.72. The first kappa shape index (κ1) is 21.5. The van der Waals surface area contributed by atoms with Gasteiger partial charge in [0, 0.05) is 17.7 Å². The molecule has 0 spiro atoms. The first-order valence-electron chi connectivity index (χ1n) is 11.8. The van der Waals surface area contributed by atoms with Gasteiger partial charge in [-0.05, 0) is 47.4 Å². The van der Waals surface area contributed by atoms with Crippen LogP contribution in [0.4, 0.5) is 11.4 Å². The van der Waals surface area contributed by atoms with Gasteiger partial charge < -0.3 is 14.8 Å². The molecule has 0 saturated carbocycles. The molecule has 0 fully saturated rings. The quantitative estimate of drug-likeness (QED) is 0.523. The van der Waals surface area contributed by atoms with Gasteiger partial charge in [0.05, 0.1) is 23.3 Å². The fraction of sp³-hybridized carbons (Fsp3) is 0.241. The van der Waals surface area contributed by atoms with Gasteiger partial charge in [-0.3, -0.25) is 14.5 Å². The summed E-state index contributed by atoms with van der Waals surface area (Å²) in [5, 5.41) is 3.53. The number of carbonyl (C=O) groups is 2. The molecule has 0 saturated heterocycles. The maximum Gasteiger partial charge on any atom is 0.258 e. The SMILES string of the molecule is CC1(C)C=C2Nc3ccccc3N(C(=O)c3ccccc3)C(c3ccc4c(c3)OCO4)C2C(=O)C1. The molecule has 0 bridgehead atoms. The van der Waals surface area contributed by atoms with E-state index in [0.717, 1.165) is 22.6 Å². The Morgan fingerprint density at radius 1 is 0.971 bits per heavy atom. The molecule has 0 radical (unpaired) electrons. The standard InChI is InChI=1S/C29H26N2O4/c1-29(2)15-21-26(23(32)16-29)27(19-12-13-24-25(14-19)35-17-34-24)31(22-11-7-6-10-20(22)30-21)28(33)18-8-4-3-5-9-18/h3-15,26-27,30H,16-17H2,1-2H3. The molecule has 6 rings (SSSR count). The topological polar surface area (TPSA) is 67.9 Å². The second-order valence-electron chi connectivity index (χ2n) is 9.95. The summed E-state index contributed by atoms with van der Waals surface area (Å²) in [5.74, 6) is 0.661. The Bertz CT molecular complexity index is 1360. The Labute approximate surface area is 204 Å². The van der Waals surface area contributed by atoms with Crippen LogP contribution in [0.25, 0.3) is 0 Å². The van der Waals surface area contributed by atoms with E-state index in [4.69, 9.17) is 9.47 Å². The van der Waals surface area contributed by atoms with Gasteiger partial charge >= 0.3 is 0 Å². The lowest BCUT2D eigenvalue weighted by molar-refractivity contribution is -0.124. The van der Waals surface area contributed by atoms with E-state index in [1.165, 1.54) is 0 Å². The molecule has 0 aromatic heterocycles. The van der Waals surface area contributed by atoms with E-state index >= 15 is 0 Å². The number of amides is 1. The molecule has 6 nitrogen and oxygen atoms in total. The van der Waals surface area contributed by atoms with Gasteiger partial charge in [0.1, 0.15) is 5.78 Å². The van der Waals surface area contributed by atoms with Crippen molar-refractivity contribution in [2.24, 2.45) is 11.3 Å². The van der Waals surface area contributed by atoms with Crippen LogP contribution in [-0.4, -0.2) is 18.5 Å². The zero-order valence-corrected chi connectivity index (χ0v) is 19.7. The van der Waals surface area contributed by atoms with Gasteiger partial charge in [-0.15, -0.1) is 0 Å². The number of para-hydroxylation sites is 2. The minimum absolute atomic E-state index is 0.0985. The first-order chi connectivity index (χ1) is 16.9. The molecule has 2 atom stereocenters. The summed E-state index contributed by atoms with van der Waals surface area (Å²) in [4.78, 5) is 29.7. The molecule has 35 heavy (non-hydrogen) atoms. The summed E-state index contributed by atoms with van der Waals surface area (Å²) >= 11 is 0. The Kier molecular flexibility index (Phi) is 4.92. The number of ketones is 1. The maximum absolute atomic E-state index is 14.2. The van der Waals surface area contributed by atoms with Crippen LogP contribution in [0.15, 0.2) is 84.6 Å². The second-order valence-corrected chi connectivity index (χ2v) is 9.95. The number of hydrogen-bond acceptors (Lipinski definition) is 5. The van der Waals surface area contributed by atoms with E-state index < -0.39 is 12.0 Å². The fourth-order valence-corrected chi connectivity index (χ4v) is 5.39. The van der Waals surface area contributed by atoms with Gasteiger partial charge in [-0.1, -0.05) is 56.3 Å². The van der Waals surface area contributed by atoms with E-state index in [1.54, 1.807) is 4.90 Å². The highest BCUT2D eigenvalue weighted by molar-refractivity contribution is 6.09. The smallest absolute Gasteiger partial charge is 0.258 e. The molecule has 2 heterocycles. The van der Waals surface area contributed by atoms with Crippen LogP contribution in [0.1, 0.15) is 42.2 Å². The second kappa shape index (κ2) is 8.01. The van der Waals surface area contributed by atoms with Crippen molar-refractivity contribution in [3.8, 4) is 11.5 Å². The summed E-state index contributed by atoms with van der Waals surface area (Å²) in [6.07, 6.45) is 2.54. The summed E-state index contributed by atoms with van der Waals surface area (Å²) in [6.45, 7) is 4.28. The monoisotopic (exact) mass is 466 g/mol. The van der Waals surface area contributed by atoms with Crippen LogP contribution in [-0.2, 0) is 4.79 Å². The molecule has 2 aliphatic heterocycles. The van der Waals surface area contributed by atoms with Crippen LogP contribution in [0.2, 0.25) is 0 Å². The minimum atomic E-state index is -0.566. The molecule has 3 aromatic carbocycles. The number of ether oxygens (including phenoxy) is 2. The lowest BCUT2D eigenvalue weighted by Gasteiger charge is -2.39. The van der Waals surface area contributed by atoms with Crippen LogP contribution >= 0.6 is 0 Å². The van der Waals surface area contributed by atoms with Crippen LogP contribution < -0.4 is 19.7 Å². The molecular weight excluding hydrogens is 440 g/mol. The number of rotatable bonds is 2. The zero-order valence-electron chi connectivity index (χ0n) is 19.7. The van der Waals surface area contributed by atoms with Crippen LogP contribution in [0.5, 0.6) is 11.5 Å². The van der Waals surface area contributed by atoms with Crippen molar-refractivity contribution in [2.75, 3.05) is 17.0 Å². The summed E-state index contributed by atoms with van der Waals surface area (Å²) in [6, 6.07) is 22.1. The van der Waals surface area contributed by atoms with Crippen molar-refractivity contribution in [1.82, 2.24) is 0 Å². The minimum Gasteiger partial charge on any atom is -0.454 e. The average Bonchev–Trinajstić information content (AvgIpc) is 3.26. The van der Waals surface area contributed by atoms with Crippen LogP contribution in [0, 0.1) is 11.3 Å². The van der Waals surface area contributed by atoms with E-state index in [1.807, 2.05) is 72.8 Å². The third kappa shape index (κ3) is 3.66. The number of benzene rings is 3. The van der Waals surface area contributed by atoms with Crippen molar-refractivity contribution in [2.45, 2.75) is 26.3 Å². The molecule has 1 N–H and O–H groups in total. The molecule has 2 unspecified atom stereocenters. The number of Topliss-reactive ketones (excluding diaryl/α,β-unsaturated/α-hetero) is 1. The predicted molar refractivity (Wildman–Crippen MR) is 134 cm³/mol. The van der Waals surface area contributed by atoms with Crippen molar-refractivity contribution in [3.63, 3.8) is 0 Å². The average molecular weight is 467 g/mol. The summed E-state index contributed by atoms with van der Waals surface area (Å²) in [7, 11) is 0. The fourth-order valence-electron chi connectivity index (χ4n) is 5.39. The van der Waals surface area contributed by atoms with Crippen molar-refractivity contribution in [3.05, 3.63) is 95.7 Å². The highest BCUT2D eigenvalue weighted by Crippen LogP contribution is 2.50. The van der Waals surface area contributed by atoms with E-state index in [0.29, 0.717) is 23.5 Å². The molecule has 1 amide bonds. The highest BCUT2D eigenvalue weighted by Gasteiger charge is 2.46. The van der Waals surface area contributed by atoms with E-state index in [2.05, 4.69) is 25.2 Å². The highest BCUT2D eigenvalue weighted by atomic mass is 16.7. The molecule has 3 aromatic rings. The Morgan fingerprint density at radius 3 is 2.54 bits per heavy atom. The number of nitrogens with one attached hydrogen (secondary N) is 1. The number of fused-ring (bicyclic) bond motifs is 3. The summed E-state index contributed by atoms with van der Waals surface area (Å²) in [5.41, 5.74) is 3.43. The molecule has 3 aliphatic rings. The van der Waals surface area contributed by atoms with Crippen LogP contribution in [0.3, 0.4) is 0 Å². The normalized spacial score (nSPS) is 21.8. The molecule has 176 valence electrons. The zero-order chi connectivity index (χ0) is 24.2. The maximum atomic E-state index is 14.2. The number of nitrogens with zero attached hydrogens (tertiary/aromatic N) is 1. The van der Waals surface area contributed by atoms with Gasteiger partial charge in [-0.25, -0.2) is 0 Å². The number of anilines is 2. The summed E-state index contributed by atoms with van der Waals surface area (Å²) < 4.78 is 11.2. The Balaban J connectivity index is 1.61. The van der Waals surface area contributed by atoms with Gasteiger partial charge in [0.25, 0.3) is 5.91 Å². The van der Waals surface area contributed by atoms with Gasteiger partial charge in [0.2, 0.25) is 6.79 Å². The number of allylic oxidation sites excluding steroid dienone is 1. The Hall–Kier alpha value is -4.06. The van der Waals surface area contributed by atoms with Crippen molar-refractivity contribution in [1.29, 1.82) is 0 Å². The van der Waals surface area contributed by atoms with Crippen molar-refractivity contribution < 1.29 is 19.1 Å². The third-order valence-corrected chi connectivity index (χ3v) is 6.87.